The Morgan fingerprint density at radius 3 is 2.79 bits per heavy atom. The minimum absolute atomic E-state index is 0.121. The summed E-state index contributed by atoms with van der Waals surface area (Å²) in [5, 5.41) is 0. The number of nitrogens with one attached hydrogen (secondary N) is 1. The van der Waals surface area contributed by atoms with Crippen molar-refractivity contribution in [3.63, 3.8) is 0 Å². The second-order valence-electron chi connectivity index (χ2n) is 3.46. The van der Waals surface area contributed by atoms with Crippen molar-refractivity contribution >= 4 is 5.95 Å². The molecule has 1 aliphatic rings. The zero-order chi connectivity index (χ0) is 9.97. The van der Waals surface area contributed by atoms with E-state index in [1.54, 1.807) is 6.20 Å². The summed E-state index contributed by atoms with van der Waals surface area (Å²) >= 11 is 0. The second-order valence-corrected chi connectivity index (χ2v) is 3.46. The van der Waals surface area contributed by atoms with Crippen LogP contribution in [0.3, 0.4) is 0 Å². The van der Waals surface area contributed by atoms with Gasteiger partial charge < -0.3 is 10.6 Å². The fourth-order valence-electron chi connectivity index (χ4n) is 1.65. The van der Waals surface area contributed by atoms with Crippen molar-refractivity contribution in [1.82, 2.24) is 9.97 Å². The van der Waals surface area contributed by atoms with Gasteiger partial charge in [-0.3, -0.25) is 9.78 Å². The number of hydrogen-bond acceptors (Lipinski definition) is 4. The topological polar surface area (TPSA) is 75.0 Å². The number of H-pyrrole nitrogens is 1. The molecule has 0 spiro atoms. The van der Waals surface area contributed by atoms with E-state index >= 15 is 0 Å². The monoisotopic (exact) mass is 194 g/mol. The van der Waals surface area contributed by atoms with Crippen LogP contribution in [0.1, 0.15) is 18.4 Å². The summed E-state index contributed by atoms with van der Waals surface area (Å²) in [7, 11) is 0. The molecule has 0 radical (unpaired) electrons. The van der Waals surface area contributed by atoms with Crippen LogP contribution in [0.4, 0.5) is 5.95 Å². The molecule has 0 unspecified atom stereocenters. The van der Waals surface area contributed by atoms with Crippen molar-refractivity contribution in [2.24, 2.45) is 5.73 Å². The highest BCUT2D eigenvalue weighted by Gasteiger charge is 2.14. The third kappa shape index (κ3) is 1.63. The molecule has 3 N–H and O–H groups in total. The van der Waals surface area contributed by atoms with Crippen LogP contribution in [0.5, 0.6) is 0 Å². The number of anilines is 1. The molecule has 0 amide bonds. The van der Waals surface area contributed by atoms with Gasteiger partial charge in [-0.05, 0) is 12.8 Å². The lowest BCUT2D eigenvalue weighted by molar-refractivity contribution is 0.871. The average Bonchev–Trinajstić information content (AvgIpc) is 2.70. The molecular weight excluding hydrogens is 180 g/mol. The molecule has 0 bridgehead atoms. The Bertz CT molecular complexity index is 367. The Hall–Kier alpha value is -1.36. The first-order valence-corrected chi connectivity index (χ1v) is 4.84. The van der Waals surface area contributed by atoms with Gasteiger partial charge in [-0.25, -0.2) is 4.98 Å². The molecule has 1 aliphatic heterocycles. The molecule has 1 saturated heterocycles. The van der Waals surface area contributed by atoms with Gasteiger partial charge in [-0.15, -0.1) is 0 Å². The highest BCUT2D eigenvalue weighted by Crippen LogP contribution is 2.13. The van der Waals surface area contributed by atoms with Crippen LogP contribution in [0, 0.1) is 0 Å². The first-order chi connectivity index (χ1) is 6.81. The minimum atomic E-state index is -0.121. The van der Waals surface area contributed by atoms with E-state index in [1.807, 2.05) is 0 Å². The number of aromatic amines is 1. The molecule has 1 fully saturated rings. The molecule has 76 valence electrons. The summed E-state index contributed by atoms with van der Waals surface area (Å²) < 4.78 is 0. The van der Waals surface area contributed by atoms with Crippen LogP contribution < -0.4 is 16.2 Å². The summed E-state index contributed by atoms with van der Waals surface area (Å²) in [4.78, 5) is 20.4. The lowest BCUT2D eigenvalue weighted by Gasteiger charge is -2.15. The van der Waals surface area contributed by atoms with E-state index in [0.29, 0.717) is 11.5 Å². The molecule has 1 aromatic heterocycles. The van der Waals surface area contributed by atoms with Gasteiger partial charge in [0.05, 0.1) is 0 Å². The van der Waals surface area contributed by atoms with Crippen molar-refractivity contribution in [2.75, 3.05) is 18.0 Å². The molecule has 0 atom stereocenters. The predicted octanol–water partition coefficient (Wildman–Crippen LogP) is -0.171. The minimum Gasteiger partial charge on any atom is -0.342 e. The van der Waals surface area contributed by atoms with Crippen LogP contribution >= 0.6 is 0 Å². The van der Waals surface area contributed by atoms with Gasteiger partial charge in [-0.2, -0.15) is 0 Å². The molecule has 2 rings (SSSR count). The van der Waals surface area contributed by atoms with Crippen molar-refractivity contribution in [3.05, 3.63) is 22.1 Å². The summed E-state index contributed by atoms with van der Waals surface area (Å²) in [5.41, 5.74) is 5.79. The standard InChI is InChI=1S/C9H14N4O/c10-5-7-6-11-9(12-8(7)14)13-3-1-2-4-13/h6H,1-5,10H2,(H,11,12,14). The Morgan fingerprint density at radius 1 is 1.50 bits per heavy atom. The number of rotatable bonds is 2. The molecule has 1 aromatic rings. The maximum Gasteiger partial charge on any atom is 0.256 e. The van der Waals surface area contributed by atoms with E-state index in [0.717, 1.165) is 13.1 Å². The normalized spacial score (nSPS) is 16.2. The van der Waals surface area contributed by atoms with Crippen LogP contribution in [-0.2, 0) is 6.54 Å². The predicted molar refractivity (Wildman–Crippen MR) is 54.2 cm³/mol. The molecule has 0 saturated carbocycles. The smallest absolute Gasteiger partial charge is 0.256 e. The zero-order valence-corrected chi connectivity index (χ0v) is 7.99. The van der Waals surface area contributed by atoms with Crippen molar-refractivity contribution < 1.29 is 0 Å². The van der Waals surface area contributed by atoms with Gasteiger partial charge in [0.15, 0.2) is 0 Å². The Labute approximate surface area is 82.0 Å². The summed E-state index contributed by atoms with van der Waals surface area (Å²) in [6, 6.07) is 0. The molecule has 14 heavy (non-hydrogen) atoms. The van der Waals surface area contributed by atoms with Gasteiger partial charge >= 0.3 is 0 Å². The lowest BCUT2D eigenvalue weighted by Crippen LogP contribution is -2.25. The molecule has 0 aliphatic carbocycles. The van der Waals surface area contributed by atoms with Crippen LogP contribution in [-0.4, -0.2) is 23.1 Å². The van der Waals surface area contributed by atoms with Gasteiger partial charge in [0, 0.05) is 31.4 Å². The van der Waals surface area contributed by atoms with E-state index in [-0.39, 0.29) is 12.1 Å². The SMILES string of the molecule is NCc1cnc(N2CCCC2)[nH]c1=O. The highest BCUT2D eigenvalue weighted by molar-refractivity contribution is 5.30. The Morgan fingerprint density at radius 2 is 2.21 bits per heavy atom. The zero-order valence-electron chi connectivity index (χ0n) is 7.99. The second kappa shape index (κ2) is 3.79. The number of nitrogens with zero attached hydrogens (tertiary/aromatic N) is 2. The van der Waals surface area contributed by atoms with Gasteiger partial charge in [0.25, 0.3) is 5.56 Å². The quantitative estimate of drug-likeness (QED) is 0.685. The summed E-state index contributed by atoms with van der Waals surface area (Å²) in [6.07, 6.45) is 3.90. The molecule has 5 nitrogen and oxygen atoms in total. The van der Waals surface area contributed by atoms with Gasteiger partial charge in [0.1, 0.15) is 0 Å². The van der Waals surface area contributed by atoms with E-state index in [2.05, 4.69) is 14.9 Å². The lowest BCUT2D eigenvalue weighted by atomic mass is 10.3. The first kappa shape index (κ1) is 9.21. The van der Waals surface area contributed by atoms with Crippen LogP contribution in [0.25, 0.3) is 0 Å². The third-order valence-electron chi connectivity index (χ3n) is 2.49. The Balaban J connectivity index is 2.27. The first-order valence-electron chi connectivity index (χ1n) is 4.84. The molecule has 2 heterocycles. The van der Waals surface area contributed by atoms with Crippen LogP contribution in [0.15, 0.2) is 11.0 Å². The fraction of sp³-hybridized carbons (Fsp3) is 0.556. The average molecular weight is 194 g/mol. The van der Waals surface area contributed by atoms with E-state index in [1.165, 1.54) is 12.8 Å². The van der Waals surface area contributed by atoms with Crippen molar-refractivity contribution in [1.29, 1.82) is 0 Å². The summed E-state index contributed by atoms with van der Waals surface area (Å²) in [6.45, 7) is 2.19. The van der Waals surface area contributed by atoms with Crippen molar-refractivity contribution in [3.8, 4) is 0 Å². The largest absolute Gasteiger partial charge is 0.342 e. The summed E-state index contributed by atoms with van der Waals surface area (Å²) in [5.74, 6) is 0.671. The van der Waals surface area contributed by atoms with Gasteiger partial charge in [0.2, 0.25) is 5.95 Å². The van der Waals surface area contributed by atoms with E-state index < -0.39 is 0 Å². The maximum absolute atomic E-state index is 11.4. The van der Waals surface area contributed by atoms with Crippen LogP contribution in [0.2, 0.25) is 0 Å². The molecular formula is C9H14N4O. The maximum atomic E-state index is 11.4. The van der Waals surface area contributed by atoms with Crippen molar-refractivity contribution in [2.45, 2.75) is 19.4 Å². The Kier molecular flexibility index (Phi) is 2.49. The molecule has 5 heteroatoms. The van der Waals surface area contributed by atoms with E-state index in [9.17, 15) is 4.79 Å². The number of nitrogens with two attached hydrogens (primary N) is 1. The fourth-order valence-corrected chi connectivity index (χ4v) is 1.65. The van der Waals surface area contributed by atoms with E-state index in [4.69, 9.17) is 5.73 Å². The third-order valence-corrected chi connectivity index (χ3v) is 2.49. The number of aromatic nitrogens is 2. The highest BCUT2D eigenvalue weighted by atomic mass is 16.1. The number of hydrogen-bond donors (Lipinski definition) is 2. The van der Waals surface area contributed by atoms with Gasteiger partial charge in [-0.1, -0.05) is 0 Å². The molecule has 0 aromatic carbocycles.